The molecule has 0 aromatic rings. The third kappa shape index (κ3) is 3.33. The molecule has 0 saturated heterocycles. The maximum atomic E-state index is 10.3. The maximum absolute atomic E-state index is 10.3. The zero-order valence-corrected chi connectivity index (χ0v) is 6.59. The van der Waals surface area contributed by atoms with E-state index in [1.165, 1.54) is 4.90 Å². The molecule has 0 saturated carbocycles. The summed E-state index contributed by atoms with van der Waals surface area (Å²) in [5.74, 6) is 0. The van der Waals surface area contributed by atoms with Crippen molar-refractivity contribution in [3.05, 3.63) is 0 Å². The van der Waals surface area contributed by atoms with Crippen LogP contribution in [0.15, 0.2) is 0 Å². The largest absolute Gasteiger partial charge is 0.530 e. The highest BCUT2D eigenvalue weighted by molar-refractivity contribution is 5.62. The minimum atomic E-state index is -1.06. The van der Waals surface area contributed by atoms with E-state index in [1.54, 1.807) is 0 Å². The van der Waals surface area contributed by atoms with Crippen LogP contribution in [0.4, 0.5) is 4.79 Å². The Hall–Kier alpha value is -0.730. The fourth-order valence-corrected chi connectivity index (χ4v) is 0.727. The van der Waals surface area contributed by atoms with Gasteiger partial charge in [0, 0.05) is 13.1 Å². The molecule has 0 heterocycles. The minimum absolute atomic E-state index is 0.530. The normalized spacial score (nSPS) is 9.40. The van der Waals surface area contributed by atoms with Crippen molar-refractivity contribution in [1.82, 2.24) is 4.90 Å². The van der Waals surface area contributed by atoms with Gasteiger partial charge in [0.15, 0.2) is 0 Å². The molecule has 1 amide bonds. The standard InChI is InChI=1S/C7H15NO2/c1-3-5-6-8(4-2)7(9)10/h3-6H2,1-2H3,(H,9,10)/p-1. The van der Waals surface area contributed by atoms with E-state index in [9.17, 15) is 9.90 Å². The van der Waals surface area contributed by atoms with Crippen molar-refractivity contribution < 1.29 is 9.90 Å². The van der Waals surface area contributed by atoms with Gasteiger partial charge in [-0.25, -0.2) is 0 Å². The fourth-order valence-electron chi connectivity index (χ4n) is 0.727. The number of unbranched alkanes of at least 4 members (excludes halogenated alkanes) is 1. The van der Waals surface area contributed by atoms with Gasteiger partial charge in [0.05, 0.1) is 0 Å². The molecule has 0 aliphatic carbocycles. The summed E-state index contributed by atoms with van der Waals surface area (Å²) in [6.07, 6.45) is 0.877. The molecule has 0 N–H and O–H groups in total. The SMILES string of the molecule is CCCCN(CC)C(=O)[O-]. The number of carbonyl (C=O) groups is 1. The molecule has 0 atom stereocenters. The summed E-state index contributed by atoms with van der Waals surface area (Å²) < 4.78 is 0. The average Bonchev–Trinajstić information content (AvgIpc) is 1.89. The Balaban J connectivity index is 3.50. The number of hydrogen-bond acceptors (Lipinski definition) is 2. The molecule has 3 nitrogen and oxygen atoms in total. The van der Waals surface area contributed by atoms with Gasteiger partial charge in [0.1, 0.15) is 6.09 Å². The number of amides is 1. The predicted octanol–water partition coefficient (Wildman–Crippen LogP) is 0.452. The van der Waals surface area contributed by atoms with E-state index in [4.69, 9.17) is 0 Å². The Bertz CT molecular complexity index is 104. The highest BCUT2D eigenvalue weighted by Crippen LogP contribution is 1.92. The minimum Gasteiger partial charge on any atom is -0.530 e. The third-order valence-corrected chi connectivity index (χ3v) is 1.42. The summed E-state index contributed by atoms with van der Waals surface area (Å²) in [5.41, 5.74) is 0. The lowest BCUT2D eigenvalue weighted by Crippen LogP contribution is -2.41. The predicted molar refractivity (Wildman–Crippen MR) is 37.6 cm³/mol. The molecule has 0 aromatic carbocycles. The van der Waals surface area contributed by atoms with Crippen LogP contribution >= 0.6 is 0 Å². The second-order valence-electron chi connectivity index (χ2n) is 2.20. The number of hydrogen-bond donors (Lipinski definition) is 0. The van der Waals surface area contributed by atoms with Crippen LogP contribution in [0.3, 0.4) is 0 Å². The van der Waals surface area contributed by atoms with Crippen LogP contribution in [0.2, 0.25) is 0 Å². The third-order valence-electron chi connectivity index (χ3n) is 1.42. The lowest BCUT2D eigenvalue weighted by Gasteiger charge is -2.22. The molecule has 0 aliphatic rings. The average molecular weight is 144 g/mol. The maximum Gasteiger partial charge on any atom is 0.136 e. The van der Waals surface area contributed by atoms with Gasteiger partial charge >= 0.3 is 0 Å². The van der Waals surface area contributed by atoms with E-state index in [0.29, 0.717) is 13.1 Å². The Labute approximate surface area is 61.6 Å². The van der Waals surface area contributed by atoms with Crippen LogP contribution in [0.1, 0.15) is 26.7 Å². The van der Waals surface area contributed by atoms with Gasteiger partial charge in [-0.3, -0.25) is 0 Å². The van der Waals surface area contributed by atoms with E-state index in [0.717, 1.165) is 12.8 Å². The zero-order chi connectivity index (χ0) is 7.98. The molecule has 0 spiro atoms. The molecular weight excluding hydrogens is 130 g/mol. The van der Waals surface area contributed by atoms with Crippen molar-refractivity contribution in [2.75, 3.05) is 13.1 Å². The molecule has 0 fully saturated rings. The monoisotopic (exact) mass is 144 g/mol. The zero-order valence-electron chi connectivity index (χ0n) is 6.59. The van der Waals surface area contributed by atoms with Crippen LogP contribution < -0.4 is 5.11 Å². The highest BCUT2D eigenvalue weighted by Gasteiger charge is 1.97. The first-order valence-corrected chi connectivity index (χ1v) is 3.68. The van der Waals surface area contributed by atoms with E-state index in [-0.39, 0.29) is 0 Å². The van der Waals surface area contributed by atoms with Crippen molar-refractivity contribution in [3.63, 3.8) is 0 Å². The Morgan fingerprint density at radius 1 is 1.50 bits per heavy atom. The van der Waals surface area contributed by atoms with Gasteiger partial charge in [-0.15, -0.1) is 0 Å². The molecule has 10 heavy (non-hydrogen) atoms. The van der Waals surface area contributed by atoms with E-state index in [1.807, 2.05) is 13.8 Å². The number of carbonyl (C=O) groups excluding carboxylic acids is 1. The summed E-state index contributed by atoms with van der Waals surface area (Å²) >= 11 is 0. The highest BCUT2D eigenvalue weighted by atomic mass is 16.4. The Morgan fingerprint density at radius 3 is 2.40 bits per heavy atom. The van der Waals surface area contributed by atoms with Gasteiger partial charge in [0.2, 0.25) is 0 Å². The van der Waals surface area contributed by atoms with Crippen LogP contribution in [-0.4, -0.2) is 24.1 Å². The van der Waals surface area contributed by atoms with Crippen LogP contribution in [0.5, 0.6) is 0 Å². The van der Waals surface area contributed by atoms with Crippen molar-refractivity contribution in [2.24, 2.45) is 0 Å². The van der Waals surface area contributed by atoms with Crippen LogP contribution in [-0.2, 0) is 0 Å². The molecule has 0 aliphatic heterocycles. The Kier molecular flexibility index (Phi) is 4.72. The number of carboxylic acid groups (broad SMARTS) is 1. The van der Waals surface area contributed by atoms with E-state index >= 15 is 0 Å². The molecule has 0 bridgehead atoms. The quantitative estimate of drug-likeness (QED) is 0.575. The first-order valence-electron chi connectivity index (χ1n) is 3.68. The van der Waals surface area contributed by atoms with Gasteiger partial charge in [-0.05, 0) is 13.3 Å². The first-order chi connectivity index (χ1) is 4.72. The first kappa shape index (κ1) is 9.27. The summed E-state index contributed by atoms with van der Waals surface area (Å²) in [6, 6.07) is 0. The number of nitrogens with zero attached hydrogens (tertiary/aromatic N) is 1. The second-order valence-corrected chi connectivity index (χ2v) is 2.20. The van der Waals surface area contributed by atoms with Crippen molar-refractivity contribution in [2.45, 2.75) is 26.7 Å². The summed E-state index contributed by atoms with van der Waals surface area (Å²) in [4.78, 5) is 11.6. The molecule has 0 aromatic heterocycles. The topological polar surface area (TPSA) is 43.4 Å². The molecule has 60 valence electrons. The van der Waals surface area contributed by atoms with Gasteiger partial charge in [-0.1, -0.05) is 13.3 Å². The summed E-state index contributed by atoms with van der Waals surface area (Å²) in [7, 11) is 0. The van der Waals surface area contributed by atoms with E-state index in [2.05, 4.69) is 0 Å². The molecule has 0 rings (SSSR count). The van der Waals surface area contributed by atoms with Gasteiger partial charge in [-0.2, -0.15) is 0 Å². The molecule has 0 radical (unpaired) electrons. The lowest BCUT2D eigenvalue weighted by molar-refractivity contribution is -0.265. The molecule has 3 heteroatoms. The van der Waals surface area contributed by atoms with Gasteiger partial charge < -0.3 is 14.8 Å². The van der Waals surface area contributed by atoms with Gasteiger partial charge in [0.25, 0.3) is 0 Å². The molecular formula is C7H14NO2-. The van der Waals surface area contributed by atoms with Crippen LogP contribution in [0.25, 0.3) is 0 Å². The molecule has 0 unspecified atom stereocenters. The fraction of sp³-hybridized carbons (Fsp3) is 0.857. The second kappa shape index (κ2) is 5.09. The Morgan fingerprint density at radius 2 is 2.10 bits per heavy atom. The smallest absolute Gasteiger partial charge is 0.136 e. The van der Waals surface area contributed by atoms with E-state index < -0.39 is 6.09 Å². The van der Waals surface area contributed by atoms with Crippen LogP contribution in [0, 0.1) is 0 Å². The summed E-state index contributed by atoms with van der Waals surface area (Å²) in [6.45, 7) is 4.98. The lowest BCUT2D eigenvalue weighted by atomic mass is 10.3. The van der Waals surface area contributed by atoms with Crippen molar-refractivity contribution >= 4 is 6.09 Å². The summed E-state index contributed by atoms with van der Waals surface area (Å²) in [5, 5.41) is 10.3. The van der Waals surface area contributed by atoms with Crippen molar-refractivity contribution in [1.29, 1.82) is 0 Å². The number of rotatable bonds is 4. The van der Waals surface area contributed by atoms with Crippen molar-refractivity contribution in [3.8, 4) is 0 Å².